The molecule has 2 heterocycles. The normalized spacial score (nSPS) is 31.7. The van der Waals surface area contributed by atoms with Gasteiger partial charge in [0.25, 0.3) is 0 Å². The lowest BCUT2D eigenvalue weighted by molar-refractivity contribution is -0.935. The van der Waals surface area contributed by atoms with Crippen LogP contribution in [0.15, 0.2) is 54.6 Å². The minimum Gasteiger partial charge on any atom is -1.00 e. The Balaban J connectivity index is 0.00000205. The quantitative estimate of drug-likeness (QED) is 0.540. The van der Waals surface area contributed by atoms with Crippen LogP contribution in [0.2, 0.25) is 0 Å². The van der Waals surface area contributed by atoms with Crippen molar-refractivity contribution in [3.63, 3.8) is 0 Å². The Kier molecular flexibility index (Phi) is 5.26. The molecule has 2 aromatic carbocycles. The van der Waals surface area contributed by atoms with Crippen molar-refractivity contribution in [3.8, 4) is 11.5 Å². The second kappa shape index (κ2) is 7.46. The predicted octanol–water partition coefficient (Wildman–Crippen LogP) is 0.569. The lowest BCUT2D eigenvalue weighted by Crippen LogP contribution is -3.00. The van der Waals surface area contributed by atoms with E-state index in [0.29, 0.717) is 6.42 Å². The topological polar surface area (TPSA) is 38.7 Å². The first-order valence-electron chi connectivity index (χ1n) is 10.1. The monoisotopic (exact) mass is 457 g/mol. The van der Waals surface area contributed by atoms with E-state index < -0.39 is 6.10 Å². The molecule has 1 aliphatic carbocycles. The number of aliphatic hydroxyl groups excluding tert-OH is 1. The number of hydrogen-bond donors (Lipinski definition) is 1. The summed E-state index contributed by atoms with van der Waals surface area (Å²) in [5, 5.41) is 10.2. The van der Waals surface area contributed by atoms with Gasteiger partial charge in [-0.25, -0.2) is 0 Å². The highest BCUT2D eigenvalue weighted by molar-refractivity contribution is 5.60. The largest absolute Gasteiger partial charge is 1.00 e. The van der Waals surface area contributed by atoms with Gasteiger partial charge in [-0.15, -0.1) is 0 Å². The highest BCUT2D eigenvalue weighted by atomic mass is 79.9. The molecular formula is C24H28BrNO3. The summed E-state index contributed by atoms with van der Waals surface area (Å²) in [5.74, 6) is 1.69. The van der Waals surface area contributed by atoms with Crippen LogP contribution in [0.4, 0.5) is 0 Å². The van der Waals surface area contributed by atoms with E-state index in [1.165, 1.54) is 16.7 Å². The Morgan fingerprint density at radius 1 is 1.21 bits per heavy atom. The Hall–Kier alpha value is -1.82. The molecule has 1 N–H and O–H groups in total. The van der Waals surface area contributed by atoms with Crippen molar-refractivity contribution in [2.75, 3.05) is 20.7 Å². The molecule has 5 rings (SSSR count). The molecule has 0 fully saturated rings. The van der Waals surface area contributed by atoms with Gasteiger partial charge in [-0.05, 0) is 12.1 Å². The number of ether oxygens (including phenoxy) is 2. The second-order valence-corrected chi connectivity index (χ2v) is 8.84. The van der Waals surface area contributed by atoms with E-state index in [9.17, 15) is 5.11 Å². The minimum absolute atomic E-state index is 0. The number of aliphatic hydroxyl groups is 1. The van der Waals surface area contributed by atoms with E-state index in [1.807, 2.05) is 12.1 Å². The van der Waals surface area contributed by atoms with E-state index in [4.69, 9.17) is 9.47 Å². The van der Waals surface area contributed by atoms with Crippen molar-refractivity contribution < 1.29 is 36.0 Å². The average Bonchev–Trinajstić information content (AvgIpc) is 2.96. The van der Waals surface area contributed by atoms with E-state index in [1.54, 1.807) is 7.11 Å². The van der Waals surface area contributed by atoms with Crippen molar-refractivity contribution in [3.05, 3.63) is 71.3 Å². The van der Waals surface area contributed by atoms with Gasteiger partial charge in [-0.2, -0.15) is 0 Å². The molecule has 0 saturated carbocycles. The standard InChI is InChI=1S/C24H28NO3.BrH/c1-25(15-17-6-4-3-5-7-17)13-12-24-11-10-19(26)14-21(24)28-23-20(27-2)9-8-18(16-25)22(23)24;/h3-11,19,21,26H,12-16H2,1-2H3;1H/q+1;/p-1/t19-,21-,24-,25?;/m0./s1. The van der Waals surface area contributed by atoms with Crippen LogP contribution < -0.4 is 26.5 Å². The molecule has 4 nitrogen and oxygen atoms in total. The number of methoxy groups -OCH3 is 1. The van der Waals surface area contributed by atoms with Crippen LogP contribution in [0.1, 0.15) is 29.5 Å². The minimum atomic E-state index is -0.437. The molecule has 0 amide bonds. The average molecular weight is 458 g/mol. The van der Waals surface area contributed by atoms with Gasteiger partial charge in [-0.3, -0.25) is 0 Å². The summed E-state index contributed by atoms with van der Waals surface area (Å²) in [6.07, 6.45) is 5.37. The third-order valence-electron chi connectivity index (χ3n) is 6.82. The number of halogens is 1. The summed E-state index contributed by atoms with van der Waals surface area (Å²) in [7, 11) is 4.06. The molecule has 29 heavy (non-hydrogen) atoms. The molecule has 4 atom stereocenters. The summed E-state index contributed by atoms with van der Waals surface area (Å²) >= 11 is 0. The number of benzene rings is 2. The molecule has 5 heteroatoms. The van der Waals surface area contributed by atoms with Crippen molar-refractivity contribution in [1.82, 2.24) is 0 Å². The number of hydrogen-bond acceptors (Lipinski definition) is 3. The fourth-order valence-corrected chi connectivity index (χ4v) is 5.44. The number of quaternary nitrogens is 1. The lowest BCUT2D eigenvalue weighted by Gasteiger charge is -2.37. The molecule has 1 unspecified atom stereocenters. The van der Waals surface area contributed by atoms with Crippen LogP contribution >= 0.6 is 0 Å². The maximum atomic E-state index is 10.2. The predicted molar refractivity (Wildman–Crippen MR) is 108 cm³/mol. The Labute approximate surface area is 183 Å². The zero-order valence-corrected chi connectivity index (χ0v) is 18.6. The Morgan fingerprint density at radius 2 is 2.00 bits per heavy atom. The van der Waals surface area contributed by atoms with E-state index in [0.717, 1.165) is 42.0 Å². The fourth-order valence-electron chi connectivity index (χ4n) is 5.44. The summed E-state index contributed by atoms with van der Waals surface area (Å²) in [5.41, 5.74) is 3.84. The van der Waals surface area contributed by atoms with E-state index >= 15 is 0 Å². The summed E-state index contributed by atoms with van der Waals surface area (Å²) < 4.78 is 13.0. The third-order valence-corrected chi connectivity index (χ3v) is 6.82. The van der Waals surface area contributed by atoms with Gasteiger partial charge in [0, 0.05) is 29.5 Å². The van der Waals surface area contributed by atoms with Gasteiger partial charge >= 0.3 is 0 Å². The smallest absolute Gasteiger partial charge is 0.166 e. The first-order chi connectivity index (χ1) is 13.5. The SMILES string of the molecule is COc1ccc2c3c1O[C@H]1C[C@@H](O)C=C[C@@]31CC[N+](C)(Cc1ccccc1)C2.[Br-]. The fraction of sp³-hybridized carbons (Fsp3) is 0.417. The van der Waals surface area contributed by atoms with Crippen molar-refractivity contribution in [2.24, 2.45) is 0 Å². The van der Waals surface area contributed by atoms with Gasteiger partial charge in [-0.1, -0.05) is 42.5 Å². The third kappa shape index (κ3) is 3.29. The van der Waals surface area contributed by atoms with Gasteiger partial charge in [0.15, 0.2) is 11.5 Å². The van der Waals surface area contributed by atoms with Gasteiger partial charge < -0.3 is 36.0 Å². The lowest BCUT2D eigenvalue weighted by atomic mass is 9.69. The molecular weight excluding hydrogens is 430 g/mol. The van der Waals surface area contributed by atoms with Crippen LogP contribution in [-0.4, -0.2) is 42.5 Å². The zero-order valence-electron chi connectivity index (χ0n) is 17.0. The van der Waals surface area contributed by atoms with Gasteiger partial charge in [0.2, 0.25) is 0 Å². The van der Waals surface area contributed by atoms with Crippen LogP contribution in [0.25, 0.3) is 0 Å². The van der Waals surface area contributed by atoms with Crippen molar-refractivity contribution in [1.29, 1.82) is 0 Å². The molecule has 154 valence electrons. The van der Waals surface area contributed by atoms with Crippen LogP contribution in [0.5, 0.6) is 11.5 Å². The molecule has 3 aliphatic rings. The second-order valence-electron chi connectivity index (χ2n) is 8.84. The molecule has 2 aromatic rings. The number of rotatable bonds is 3. The highest BCUT2D eigenvalue weighted by Crippen LogP contribution is 2.56. The Bertz CT molecular complexity index is 931. The van der Waals surface area contributed by atoms with Crippen LogP contribution in [0, 0.1) is 0 Å². The molecule has 0 radical (unpaired) electrons. The molecule has 0 aromatic heterocycles. The van der Waals surface area contributed by atoms with E-state index in [-0.39, 0.29) is 28.5 Å². The summed E-state index contributed by atoms with van der Waals surface area (Å²) in [4.78, 5) is 0. The molecule has 0 saturated heterocycles. The van der Waals surface area contributed by atoms with Crippen molar-refractivity contribution >= 4 is 0 Å². The maximum Gasteiger partial charge on any atom is 0.166 e. The molecule has 2 aliphatic heterocycles. The number of nitrogens with zero attached hydrogens (tertiary/aromatic N) is 1. The highest BCUT2D eigenvalue weighted by Gasteiger charge is 2.54. The first kappa shape index (κ1) is 20.5. The maximum absolute atomic E-state index is 10.2. The Morgan fingerprint density at radius 3 is 2.76 bits per heavy atom. The first-order valence-corrected chi connectivity index (χ1v) is 10.1. The van der Waals surface area contributed by atoms with Crippen LogP contribution in [-0.2, 0) is 18.5 Å². The summed E-state index contributed by atoms with van der Waals surface area (Å²) in [6, 6.07) is 15.0. The summed E-state index contributed by atoms with van der Waals surface area (Å²) in [6.45, 7) is 3.04. The van der Waals surface area contributed by atoms with Crippen LogP contribution in [0.3, 0.4) is 0 Å². The molecule has 0 bridgehead atoms. The van der Waals surface area contributed by atoms with Crippen molar-refractivity contribution in [2.45, 2.75) is 43.6 Å². The zero-order chi connectivity index (χ0) is 19.4. The molecule has 1 spiro atoms. The van der Waals surface area contributed by atoms with Gasteiger partial charge in [0.05, 0.1) is 32.2 Å². The van der Waals surface area contributed by atoms with E-state index in [2.05, 4.69) is 49.5 Å². The van der Waals surface area contributed by atoms with Gasteiger partial charge in [0.1, 0.15) is 19.2 Å².